The van der Waals surface area contributed by atoms with E-state index in [-0.39, 0.29) is 17.7 Å². The summed E-state index contributed by atoms with van der Waals surface area (Å²) in [5.74, 6) is 1.14. The van der Waals surface area contributed by atoms with Gasteiger partial charge in [-0.25, -0.2) is 4.98 Å². The van der Waals surface area contributed by atoms with Gasteiger partial charge in [-0.3, -0.25) is 19.6 Å². The zero-order valence-corrected chi connectivity index (χ0v) is 29.6. The number of rotatable bonds is 13. The predicted octanol–water partition coefficient (Wildman–Crippen LogP) is 8.32. The number of nitrogens with one attached hydrogen (secondary N) is 3. The largest absolute Gasteiger partial charge is 0.352 e. The fourth-order valence-electron chi connectivity index (χ4n) is 5.66. The Balaban J connectivity index is 0.00000230. The first-order valence-electron chi connectivity index (χ1n) is 17.6. The van der Waals surface area contributed by atoms with Crippen molar-refractivity contribution in [1.82, 2.24) is 30.2 Å². The molecule has 0 saturated heterocycles. The summed E-state index contributed by atoms with van der Waals surface area (Å²) in [4.78, 5) is 44.6. The molecule has 2 amide bonds. The first-order valence-corrected chi connectivity index (χ1v) is 17.6. The van der Waals surface area contributed by atoms with Crippen LogP contribution < -0.4 is 10.6 Å². The number of amides is 2. The van der Waals surface area contributed by atoms with Crippen LogP contribution in [0.25, 0.3) is 16.8 Å². The molecule has 0 aliphatic heterocycles. The molecule has 0 bridgehead atoms. The van der Waals surface area contributed by atoms with Gasteiger partial charge in [-0.05, 0) is 98.9 Å². The Morgan fingerprint density at radius 1 is 1.00 bits per heavy atom. The molecule has 49 heavy (non-hydrogen) atoms. The van der Waals surface area contributed by atoms with Gasteiger partial charge in [0.1, 0.15) is 5.69 Å². The monoisotopic (exact) mass is 659 g/mol. The Morgan fingerprint density at radius 3 is 2.43 bits per heavy atom. The van der Waals surface area contributed by atoms with E-state index >= 15 is 0 Å². The van der Waals surface area contributed by atoms with Crippen LogP contribution in [0.1, 0.15) is 104 Å². The number of H-pyrrole nitrogens is 1. The number of unbranched alkanes of at least 4 members (excludes halogenated alkanes) is 1. The molecular formula is C40H49N7O2. The standard InChI is InChI=1S/C38H43N7O2.C2H6/c1-5-6-8-29(43-37(46)27-13-14-27)20-34(36-41-21-25(3)42-36)44-32-10-7-9-31(35(32)26-11-12-26)28-15-16-33(40-22-28)38(47)45(4)23-30-19-24(2)17-18-39-30;1-2/h7-10,15-22,26-27,44H,5-6,11-14,23H2,1-4H3,(H,41,42)(H,43,46);1-2H3/b29-8-,34-20+;. The summed E-state index contributed by atoms with van der Waals surface area (Å²) >= 11 is 0. The lowest BCUT2D eigenvalue weighted by Gasteiger charge is -2.19. The minimum atomic E-state index is -0.151. The molecule has 9 heteroatoms. The number of hydrogen-bond donors (Lipinski definition) is 3. The number of nitrogens with zero attached hydrogens (tertiary/aromatic N) is 4. The van der Waals surface area contributed by atoms with Crippen molar-refractivity contribution in [2.45, 2.75) is 85.6 Å². The van der Waals surface area contributed by atoms with Crippen LogP contribution in [0.2, 0.25) is 0 Å². The Kier molecular flexibility index (Phi) is 11.8. The molecule has 3 aromatic heterocycles. The van der Waals surface area contributed by atoms with Gasteiger partial charge < -0.3 is 20.5 Å². The number of benzene rings is 1. The zero-order chi connectivity index (χ0) is 34.9. The summed E-state index contributed by atoms with van der Waals surface area (Å²) in [6.07, 6.45) is 15.4. The first kappa shape index (κ1) is 35.3. The second-order valence-corrected chi connectivity index (χ2v) is 12.8. The lowest BCUT2D eigenvalue weighted by molar-refractivity contribution is -0.121. The Hall–Kier alpha value is -5.05. The first-order chi connectivity index (χ1) is 23.8. The van der Waals surface area contributed by atoms with Crippen LogP contribution in [0.3, 0.4) is 0 Å². The van der Waals surface area contributed by atoms with Gasteiger partial charge in [0.05, 0.1) is 17.9 Å². The van der Waals surface area contributed by atoms with Crippen molar-refractivity contribution >= 4 is 23.2 Å². The number of aromatic amines is 1. The average Bonchev–Trinajstić information content (AvgIpc) is 4.05. The van der Waals surface area contributed by atoms with E-state index in [1.807, 2.05) is 64.2 Å². The summed E-state index contributed by atoms with van der Waals surface area (Å²) in [7, 11) is 1.77. The van der Waals surface area contributed by atoms with Crippen molar-refractivity contribution < 1.29 is 9.59 Å². The summed E-state index contributed by atoms with van der Waals surface area (Å²) in [6, 6.07) is 14.0. The van der Waals surface area contributed by atoms with Gasteiger partial charge in [-0.2, -0.15) is 0 Å². The number of aryl methyl sites for hydroxylation is 2. The van der Waals surface area contributed by atoms with E-state index in [4.69, 9.17) is 0 Å². The van der Waals surface area contributed by atoms with Gasteiger partial charge in [0.15, 0.2) is 5.82 Å². The van der Waals surface area contributed by atoms with E-state index in [1.54, 1.807) is 30.4 Å². The van der Waals surface area contributed by atoms with E-state index in [0.29, 0.717) is 24.0 Å². The lowest BCUT2D eigenvalue weighted by atomic mass is 9.95. The van der Waals surface area contributed by atoms with E-state index in [2.05, 4.69) is 55.7 Å². The molecule has 3 heterocycles. The smallest absolute Gasteiger partial charge is 0.272 e. The molecule has 3 N–H and O–H groups in total. The molecule has 2 saturated carbocycles. The molecule has 0 radical (unpaired) electrons. The van der Waals surface area contributed by atoms with Gasteiger partial charge in [0.2, 0.25) is 5.91 Å². The van der Waals surface area contributed by atoms with Crippen molar-refractivity contribution in [3.8, 4) is 11.1 Å². The minimum absolute atomic E-state index is 0.0756. The molecule has 0 atom stereocenters. The third-order valence-electron chi connectivity index (χ3n) is 8.50. The topological polar surface area (TPSA) is 116 Å². The fourth-order valence-corrected chi connectivity index (χ4v) is 5.66. The predicted molar refractivity (Wildman–Crippen MR) is 197 cm³/mol. The molecule has 2 aliphatic carbocycles. The third kappa shape index (κ3) is 9.31. The summed E-state index contributed by atoms with van der Waals surface area (Å²) < 4.78 is 0. The van der Waals surface area contributed by atoms with Crippen LogP contribution in [0.15, 0.2) is 78.9 Å². The number of imidazole rings is 1. The van der Waals surface area contributed by atoms with E-state index in [1.165, 1.54) is 5.56 Å². The maximum absolute atomic E-state index is 13.2. The van der Waals surface area contributed by atoms with Gasteiger partial charge in [-0.15, -0.1) is 0 Å². The second kappa shape index (κ2) is 16.4. The van der Waals surface area contributed by atoms with Crippen LogP contribution in [-0.2, 0) is 11.3 Å². The summed E-state index contributed by atoms with van der Waals surface area (Å²) in [5, 5.41) is 6.85. The van der Waals surface area contributed by atoms with Gasteiger partial charge in [-0.1, -0.05) is 51.5 Å². The van der Waals surface area contributed by atoms with Crippen molar-refractivity contribution in [2.75, 3.05) is 12.4 Å². The lowest BCUT2D eigenvalue weighted by Crippen LogP contribution is -2.27. The highest BCUT2D eigenvalue weighted by atomic mass is 16.2. The molecule has 2 fully saturated rings. The molecule has 9 nitrogen and oxygen atoms in total. The highest BCUT2D eigenvalue weighted by molar-refractivity contribution is 5.92. The Morgan fingerprint density at radius 2 is 1.80 bits per heavy atom. The van der Waals surface area contributed by atoms with Crippen molar-refractivity contribution in [3.05, 3.63) is 113 Å². The van der Waals surface area contributed by atoms with Crippen molar-refractivity contribution in [2.24, 2.45) is 5.92 Å². The van der Waals surface area contributed by atoms with Crippen LogP contribution in [0, 0.1) is 19.8 Å². The number of aromatic nitrogens is 4. The average molecular weight is 660 g/mol. The van der Waals surface area contributed by atoms with Crippen molar-refractivity contribution in [1.29, 1.82) is 0 Å². The molecule has 6 rings (SSSR count). The van der Waals surface area contributed by atoms with E-state index in [0.717, 1.165) is 83.7 Å². The third-order valence-corrected chi connectivity index (χ3v) is 8.50. The second-order valence-electron chi connectivity index (χ2n) is 12.8. The fraction of sp³-hybridized carbons (Fsp3) is 0.375. The van der Waals surface area contributed by atoms with E-state index in [9.17, 15) is 9.59 Å². The van der Waals surface area contributed by atoms with Crippen LogP contribution in [0.5, 0.6) is 0 Å². The van der Waals surface area contributed by atoms with Gasteiger partial charge in [0.25, 0.3) is 5.91 Å². The highest BCUT2D eigenvalue weighted by Gasteiger charge is 2.31. The highest BCUT2D eigenvalue weighted by Crippen LogP contribution is 2.48. The quantitative estimate of drug-likeness (QED) is 0.124. The number of anilines is 1. The number of hydrogen-bond acceptors (Lipinski definition) is 6. The normalized spacial score (nSPS) is 14.5. The maximum Gasteiger partial charge on any atom is 0.272 e. The summed E-state index contributed by atoms with van der Waals surface area (Å²) in [5.41, 5.74) is 9.08. The Bertz CT molecular complexity index is 1810. The number of carbonyl (C=O) groups excluding carboxylic acids is 2. The number of allylic oxidation sites excluding steroid dienone is 2. The minimum Gasteiger partial charge on any atom is -0.352 e. The molecule has 4 aromatic rings. The molecule has 0 spiro atoms. The number of pyridine rings is 2. The van der Waals surface area contributed by atoms with Crippen LogP contribution >= 0.6 is 0 Å². The molecule has 0 unspecified atom stereocenters. The van der Waals surface area contributed by atoms with Crippen LogP contribution in [-0.4, -0.2) is 43.7 Å². The van der Waals surface area contributed by atoms with Gasteiger partial charge in [0, 0.05) is 54.2 Å². The molecule has 256 valence electrons. The zero-order valence-electron chi connectivity index (χ0n) is 29.6. The van der Waals surface area contributed by atoms with E-state index < -0.39 is 0 Å². The maximum atomic E-state index is 13.2. The molecule has 1 aromatic carbocycles. The molecular weight excluding hydrogens is 610 g/mol. The molecule has 2 aliphatic rings. The number of carbonyl (C=O) groups is 2. The Labute approximate surface area is 290 Å². The van der Waals surface area contributed by atoms with Crippen LogP contribution in [0.4, 0.5) is 5.69 Å². The summed E-state index contributed by atoms with van der Waals surface area (Å²) in [6.45, 7) is 10.5. The van der Waals surface area contributed by atoms with Gasteiger partial charge >= 0.3 is 0 Å². The van der Waals surface area contributed by atoms with Crippen molar-refractivity contribution in [3.63, 3.8) is 0 Å². The SMILES string of the molecule is CC.CCC/C=C(/C=C(/Nc1cccc(-c2ccc(C(=O)N(C)Cc3cc(C)ccn3)nc2)c1C1CC1)c1ncc(C)[nH]1)NC(=O)C1CC1.